The van der Waals surface area contributed by atoms with E-state index in [1.807, 2.05) is 5.92 Å². The van der Waals surface area contributed by atoms with Crippen molar-refractivity contribution in [2.75, 3.05) is 20.2 Å². The highest BCUT2D eigenvalue weighted by Gasteiger charge is 2.58. The predicted octanol–water partition coefficient (Wildman–Crippen LogP) is 1.40. The van der Waals surface area contributed by atoms with Crippen molar-refractivity contribution in [2.45, 2.75) is 65.6 Å². The molecule has 3 N–H and O–H groups in total. The third kappa shape index (κ3) is 7.88. The van der Waals surface area contributed by atoms with E-state index >= 15 is 0 Å². The zero-order valence-corrected chi connectivity index (χ0v) is 23.9. The van der Waals surface area contributed by atoms with E-state index in [2.05, 4.69) is 11.9 Å². The van der Waals surface area contributed by atoms with Gasteiger partial charge in [0.25, 0.3) is 5.91 Å². The van der Waals surface area contributed by atoms with Gasteiger partial charge in [0.2, 0.25) is 19.4 Å². The maximum absolute atomic E-state index is 14.0. The molecule has 0 aromatic rings. The maximum atomic E-state index is 14.0. The molecule has 2 heterocycles. The first-order chi connectivity index (χ1) is 18.2. The fourth-order valence-corrected chi connectivity index (χ4v) is 3.98. The quantitative estimate of drug-likeness (QED) is 0.144. The number of hydrogen-bond donors (Lipinski definition) is 3. The summed E-state index contributed by atoms with van der Waals surface area (Å²) in [5, 5.41) is 23.8. The molecular weight excluding hydrogens is 558 g/mol. The van der Waals surface area contributed by atoms with Crippen molar-refractivity contribution in [3.63, 3.8) is 0 Å². The van der Waals surface area contributed by atoms with Crippen LogP contribution < -0.4 is 5.32 Å². The summed E-state index contributed by atoms with van der Waals surface area (Å²) in [5.41, 5.74) is -4.33. The van der Waals surface area contributed by atoms with Gasteiger partial charge in [-0.05, 0) is 41.5 Å². The minimum Gasteiger partial charge on any atom is -0.437 e. The molecule has 0 spiro atoms. The summed E-state index contributed by atoms with van der Waals surface area (Å²) >= 11 is 0. The van der Waals surface area contributed by atoms with Gasteiger partial charge in [0.1, 0.15) is 18.0 Å². The molecule has 0 saturated carbocycles. The second kappa shape index (κ2) is 12.4. The molecule has 2 rings (SSSR count). The summed E-state index contributed by atoms with van der Waals surface area (Å²) in [5.74, 6) is -2.03. The van der Waals surface area contributed by atoms with Crippen LogP contribution >= 0.6 is 7.82 Å². The van der Waals surface area contributed by atoms with E-state index in [0.717, 1.165) is 4.90 Å². The van der Waals surface area contributed by atoms with Crippen LogP contribution in [0.5, 0.6) is 0 Å². The second-order valence-corrected chi connectivity index (χ2v) is 12.5. The lowest BCUT2D eigenvalue weighted by Crippen LogP contribution is -2.55. The number of carbonyl (C=O) groups excluding carboxylic acids is 3. The lowest BCUT2D eigenvalue weighted by Gasteiger charge is -2.36. The number of phosphoric acid groups is 1. The highest BCUT2D eigenvalue weighted by molar-refractivity contribution is 7.48. The summed E-state index contributed by atoms with van der Waals surface area (Å²) in [7, 11) is -4.69. The Kier molecular flexibility index (Phi) is 10.3. The average Bonchev–Trinajstić information content (AvgIpc) is 3.09. The number of carbonyl (C=O) groups is 3. The predicted molar refractivity (Wildman–Crippen MR) is 133 cm³/mol. The molecule has 0 bridgehead atoms. The Morgan fingerprint density at radius 1 is 1.18 bits per heavy atom. The molecule has 0 radical (unpaired) electrons. The number of hydrogen-bond acceptors (Lipinski definition) is 13. The molecule has 1 fully saturated rings. The molecule has 0 aliphatic carbocycles. The van der Waals surface area contributed by atoms with Gasteiger partial charge in [0, 0.05) is 6.20 Å². The average molecular weight is 593 g/mol. The minimum atomic E-state index is -4.69. The Balaban J connectivity index is 2.19. The number of aliphatic hydroxyl groups excluding tert-OH is 1. The Bertz CT molecular complexity index is 1100. The fourth-order valence-electron chi connectivity index (χ4n) is 3.06. The van der Waals surface area contributed by atoms with Crippen molar-refractivity contribution < 1.29 is 61.3 Å². The number of ether oxygens (including phenoxy) is 3. The van der Waals surface area contributed by atoms with Crippen molar-refractivity contribution in [2.24, 2.45) is 10.8 Å². The number of terminal acetylenes is 1. The zero-order chi connectivity index (χ0) is 30.7. The molecule has 2 aliphatic rings. The van der Waals surface area contributed by atoms with E-state index in [9.17, 15) is 33.6 Å². The van der Waals surface area contributed by atoms with Gasteiger partial charge in [-0.25, -0.2) is 13.6 Å². The highest BCUT2D eigenvalue weighted by Crippen LogP contribution is 2.50. The topological polar surface area (TPSA) is 179 Å². The first-order valence-corrected chi connectivity index (χ1v) is 13.3. The SMILES string of the molecule is C#C[C@@]1(O)[C@H](O)[C@@H](COP(=O)(OCOC(=O)C(C)(C)C)OCOC(=O)C(C)(C)C)O[C@H]1N1C=C(F)C(=O)NC1=C. The first-order valence-electron chi connectivity index (χ1n) is 11.8. The van der Waals surface area contributed by atoms with Gasteiger partial charge < -0.3 is 34.6 Å². The molecule has 1 saturated heterocycles. The molecule has 4 atom stereocenters. The summed E-state index contributed by atoms with van der Waals surface area (Å²) in [6, 6.07) is 0. The van der Waals surface area contributed by atoms with Gasteiger partial charge in [-0.3, -0.25) is 18.9 Å². The van der Waals surface area contributed by atoms with Crippen molar-refractivity contribution >= 4 is 25.7 Å². The smallest absolute Gasteiger partial charge is 0.437 e. The van der Waals surface area contributed by atoms with Gasteiger partial charge in [0.15, 0.2) is 11.8 Å². The second-order valence-electron chi connectivity index (χ2n) is 10.8. The van der Waals surface area contributed by atoms with Crippen LogP contribution in [-0.4, -0.2) is 77.2 Å². The number of rotatable bonds is 10. The van der Waals surface area contributed by atoms with Crippen molar-refractivity contribution in [3.05, 3.63) is 24.4 Å². The van der Waals surface area contributed by atoms with E-state index in [4.69, 9.17) is 34.2 Å². The molecule has 2 aliphatic heterocycles. The molecule has 40 heavy (non-hydrogen) atoms. The Morgan fingerprint density at radius 2 is 1.68 bits per heavy atom. The molecular formula is C24H34FN2O12P. The summed E-state index contributed by atoms with van der Waals surface area (Å²) in [4.78, 5) is 36.4. The normalized spacial score (nSPS) is 25.6. The Labute approximate surface area is 231 Å². The van der Waals surface area contributed by atoms with Crippen LogP contribution in [0.3, 0.4) is 0 Å². The standard InChI is InChI=1S/C24H34FN2O12P/c1-9-24(32)17(28)16(39-19(24)27-10-15(25)18(29)26-14(27)2)11-36-40(33,37-12-34-20(30)22(3,4)5)38-13-35-21(31)23(6,7)8/h1,10,16-17,19,28,32H,2,11-13H2,3-8H3,(H,26,29)/t16-,17-,19-,24-/m1/s1. The van der Waals surface area contributed by atoms with E-state index in [1.54, 1.807) is 41.5 Å². The largest absolute Gasteiger partial charge is 0.480 e. The molecule has 0 aromatic heterocycles. The number of amides is 1. The van der Waals surface area contributed by atoms with E-state index < -0.39 is 86.6 Å². The lowest BCUT2D eigenvalue weighted by atomic mass is 9.94. The summed E-state index contributed by atoms with van der Waals surface area (Å²) in [6.07, 6.45) is 0.975. The summed E-state index contributed by atoms with van der Waals surface area (Å²) < 4.78 is 57.9. The number of nitrogens with one attached hydrogen (secondary N) is 1. The van der Waals surface area contributed by atoms with Crippen molar-refractivity contribution in [1.82, 2.24) is 10.2 Å². The molecule has 0 unspecified atom stereocenters. The van der Waals surface area contributed by atoms with Crippen molar-refractivity contribution in [1.29, 1.82) is 0 Å². The Hall–Kier alpha value is -2.83. The Morgan fingerprint density at radius 3 is 2.12 bits per heavy atom. The van der Waals surface area contributed by atoms with Gasteiger partial charge in [-0.15, -0.1) is 6.42 Å². The lowest BCUT2D eigenvalue weighted by molar-refractivity contribution is -0.163. The third-order valence-electron chi connectivity index (χ3n) is 5.43. The van der Waals surface area contributed by atoms with Crippen LogP contribution in [0.25, 0.3) is 0 Å². The van der Waals surface area contributed by atoms with E-state index in [-0.39, 0.29) is 5.82 Å². The molecule has 0 aromatic carbocycles. The third-order valence-corrected chi connectivity index (χ3v) is 6.74. The number of aliphatic hydroxyl groups is 2. The first kappa shape index (κ1) is 33.4. The van der Waals surface area contributed by atoms with Gasteiger partial charge >= 0.3 is 19.8 Å². The van der Waals surface area contributed by atoms with Crippen LogP contribution in [0.2, 0.25) is 0 Å². The minimum absolute atomic E-state index is 0.225. The van der Waals surface area contributed by atoms with Crippen LogP contribution in [0, 0.1) is 23.2 Å². The molecule has 1 amide bonds. The number of nitrogens with zero attached hydrogens (tertiary/aromatic N) is 1. The van der Waals surface area contributed by atoms with E-state index in [0.29, 0.717) is 6.20 Å². The van der Waals surface area contributed by atoms with Crippen LogP contribution in [-0.2, 0) is 46.7 Å². The van der Waals surface area contributed by atoms with Gasteiger partial charge in [0.05, 0.1) is 17.4 Å². The summed E-state index contributed by atoms with van der Waals surface area (Å²) in [6.45, 7) is 10.4. The van der Waals surface area contributed by atoms with Gasteiger partial charge in [-0.2, -0.15) is 4.39 Å². The highest BCUT2D eigenvalue weighted by atomic mass is 31.2. The van der Waals surface area contributed by atoms with Crippen LogP contribution in [0.1, 0.15) is 41.5 Å². The number of phosphoric ester groups is 1. The molecule has 16 heteroatoms. The fraction of sp³-hybridized carbons (Fsp3) is 0.625. The maximum Gasteiger partial charge on any atom is 0.480 e. The zero-order valence-electron chi connectivity index (χ0n) is 23.0. The van der Waals surface area contributed by atoms with E-state index in [1.165, 1.54) is 0 Å². The van der Waals surface area contributed by atoms with Gasteiger partial charge in [-0.1, -0.05) is 12.5 Å². The number of esters is 2. The molecule has 14 nitrogen and oxygen atoms in total. The van der Waals surface area contributed by atoms with Crippen LogP contribution in [0.4, 0.5) is 4.39 Å². The van der Waals surface area contributed by atoms with Crippen LogP contribution in [0.15, 0.2) is 24.4 Å². The van der Waals surface area contributed by atoms with Crippen molar-refractivity contribution in [3.8, 4) is 12.3 Å². The number of halogens is 1. The molecule has 224 valence electrons. The monoisotopic (exact) mass is 592 g/mol.